The number of sulfonamides is 1. The molecule has 1 fully saturated rings. The Morgan fingerprint density at radius 3 is 2.58 bits per heavy atom. The minimum Gasteiger partial charge on any atom is -0.449 e. The Morgan fingerprint density at radius 2 is 1.96 bits per heavy atom. The first-order valence-corrected chi connectivity index (χ1v) is 10.6. The number of hydrogen-bond acceptors (Lipinski definition) is 5. The molecule has 1 aromatic carbocycles. The van der Waals surface area contributed by atoms with Gasteiger partial charge in [-0.15, -0.1) is 0 Å². The lowest BCUT2D eigenvalue weighted by Crippen LogP contribution is -2.40. The molecule has 1 aliphatic heterocycles. The summed E-state index contributed by atoms with van der Waals surface area (Å²) in [5, 5.41) is 0. The van der Waals surface area contributed by atoms with Crippen LogP contribution in [0, 0.1) is 5.92 Å². The molecule has 6 nitrogen and oxygen atoms in total. The molecule has 2 aromatic rings. The van der Waals surface area contributed by atoms with Crippen LogP contribution in [0.1, 0.15) is 43.1 Å². The highest BCUT2D eigenvalue weighted by Crippen LogP contribution is 2.36. The van der Waals surface area contributed by atoms with Gasteiger partial charge in [0.15, 0.2) is 5.89 Å². The van der Waals surface area contributed by atoms with Crippen molar-refractivity contribution in [2.45, 2.75) is 37.4 Å². The van der Waals surface area contributed by atoms with E-state index in [0.717, 1.165) is 24.7 Å². The normalized spacial score (nSPS) is 17.8. The predicted octanol–water partition coefficient (Wildman–Crippen LogP) is 2.98. The second-order valence-electron chi connectivity index (χ2n) is 6.70. The molecule has 1 atom stereocenters. The van der Waals surface area contributed by atoms with Gasteiger partial charge in [0.2, 0.25) is 10.0 Å². The molecule has 2 heterocycles. The minimum atomic E-state index is -3.32. The van der Waals surface area contributed by atoms with Crippen molar-refractivity contribution in [3.05, 3.63) is 54.2 Å². The number of rotatable bonds is 8. The van der Waals surface area contributed by atoms with Gasteiger partial charge in [-0.05, 0) is 30.7 Å². The first-order valence-electron chi connectivity index (χ1n) is 8.95. The molecule has 0 amide bonds. The van der Waals surface area contributed by atoms with Crippen molar-refractivity contribution in [3.63, 3.8) is 0 Å². The third-order valence-electron chi connectivity index (χ3n) is 5.02. The number of carbonyl (C=O) groups excluding carboxylic acids is 1. The van der Waals surface area contributed by atoms with Crippen molar-refractivity contribution in [2.24, 2.45) is 5.92 Å². The molecule has 0 N–H and O–H groups in total. The highest BCUT2D eigenvalue weighted by atomic mass is 32.2. The van der Waals surface area contributed by atoms with Crippen LogP contribution in [0.15, 0.2) is 47.2 Å². The summed E-state index contributed by atoms with van der Waals surface area (Å²) in [7, 11) is -3.32. The number of hydrogen-bond donors (Lipinski definition) is 0. The van der Waals surface area contributed by atoms with Gasteiger partial charge in [0.05, 0.1) is 11.9 Å². The minimum absolute atomic E-state index is 0.0345. The monoisotopic (exact) mass is 376 g/mol. The molecule has 0 bridgehead atoms. The lowest BCUT2D eigenvalue weighted by molar-refractivity contribution is -0.108. The van der Waals surface area contributed by atoms with E-state index in [9.17, 15) is 13.2 Å². The van der Waals surface area contributed by atoms with Crippen molar-refractivity contribution in [1.82, 2.24) is 9.29 Å². The van der Waals surface area contributed by atoms with Crippen LogP contribution < -0.4 is 0 Å². The predicted molar refractivity (Wildman–Crippen MR) is 97.9 cm³/mol. The van der Waals surface area contributed by atoms with Crippen LogP contribution in [0.3, 0.4) is 0 Å². The number of carbonyl (C=O) groups is 1. The average molecular weight is 376 g/mol. The highest BCUT2D eigenvalue weighted by Gasteiger charge is 2.33. The molecule has 26 heavy (non-hydrogen) atoms. The molecular weight excluding hydrogens is 352 g/mol. The topological polar surface area (TPSA) is 80.5 Å². The van der Waals surface area contributed by atoms with Gasteiger partial charge >= 0.3 is 0 Å². The second kappa shape index (κ2) is 8.60. The molecule has 0 radical (unpaired) electrons. The van der Waals surface area contributed by atoms with E-state index in [1.807, 2.05) is 30.3 Å². The maximum absolute atomic E-state index is 12.7. The summed E-state index contributed by atoms with van der Waals surface area (Å²) in [4.78, 5) is 15.0. The third kappa shape index (κ3) is 4.59. The van der Waals surface area contributed by atoms with Crippen LogP contribution in [-0.2, 0) is 20.6 Å². The van der Waals surface area contributed by atoms with Crippen molar-refractivity contribution < 1.29 is 17.6 Å². The highest BCUT2D eigenvalue weighted by molar-refractivity contribution is 7.88. The van der Waals surface area contributed by atoms with Gasteiger partial charge < -0.3 is 9.21 Å². The quantitative estimate of drug-likeness (QED) is 0.662. The van der Waals surface area contributed by atoms with E-state index in [2.05, 4.69) is 4.98 Å². The van der Waals surface area contributed by atoms with Gasteiger partial charge in [0.1, 0.15) is 12.5 Å². The van der Waals surface area contributed by atoms with E-state index >= 15 is 0 Å². The fraction of sp³-hybridized carbons (Fsp3) is 0.474. The summed E-state index contributed by atoms with van der Waals surface area (Å²) in [5.41, 5.74) is 0.804. The number of aldehydes is 1. The number of piperidine rings is 1. The van der Waals surface area contributed by atoms with E-state index in [1.54, 1.807) is 16.8 Å². The van der Waals surface area contributed by atoms with E-state index in [-0.39, 0.29) is 17.6 Å². The van der Waals surface area contributed by atoms with Crippen molar-refractivity contribution in [1.29, 1.82) is 0 Å². The van der Waals surface area contributed by atoms with E-state index < -0.39 is 10.0 Å². The molecular formula is C19H24N2O4S. The number of benzene rings is 1. The Balaban J connectivity index is 1.63. The van der Waals surface area contributed by atoms with E-state index in [4.69, 9.17) is 4.42 Å². The molecule has 7 heteroatoms. The molecule has 0 spiro atoms. The Hall–Kier alpha value is -1.99. The van der Waals surface area contributed by atoms with Crippen molar-refractivity contribution in [3.8, 4) is 0 Å². The van der Waals surface area contributed by atoms with Crippen molar-refractivity contribution in [2.75, 3.05) is 13.1 Å². The SMILES string of the molecule is O=CCCC(c1ncco1)C1CCN(S(=O)(=O)Cc2ccccc2)CC1. The molecule has 1 aromatic heterocycles. The largest absolute Gasteiger partial charge is 0.449 e. The Morgan fingerprint density at radius 1 is 1.23 bits per heavy atom. The first kappa shape index (κ1) is 18.8. The molecule has 1 aliphatic rings. The molecule has 1 unspecified atom stereocenters. The zero-order chi connectivity index (χ0) is 18.4. The Kier molecular flexibility index (Phi) is 6.21. The summed E-state index contributed by atoms with van der Waals surface area (Å²) in [6.45, 7) is 0.996. The second-order valence-corrected chi connectivity index (χ2v) is 8.67. The zero-order valence-electron chi connectivity index (χ0n) is 14.7. The number of nitrogens with zero attached hydrogens (tertiary/aromatic N) is 2. The van der Waals surface area contributed by atoms with E-state index in [0.29, 0.717) is 31.8 Å². The van der Waals surface area contributed by atoms with Crippen LogP contribution in [-0.4, -0.2) is 37.1 Å². The summed E-state index contributed by atoms with van der Waals surface area (Å²) in [6, 6.07) is 9.25. The maximum Gasteiger partial charge on any atom is 0.218 e. The fourth-order valence-corrected chi connectivity index (χ4v) is 5.22. The van der Waals surface area contributed by atoms with Crippen LogP contribution in [0.25, 0.3) is 0 Å². The summed E-state index contributed by atoms with van der Waals surface area (Å²) in [6.07, 6.45) is 6.71. The van der Waals surface area contributed by atoms with Crippen LogP contribution in [0.4, 0.5) is 0 Å². The van der Waals surface area contributed by atoms with Gasteiger partial charge in [-0.3, -0.25) is 0 Å². The van der Waals surface area contributed by atoms with Gasteiger partial charge in [-0.2, -0.15) is 0 Å². The number of oxazole rings is 1. The number of aromatic nitrogens is 1. The summed E-state index contributed by atoms with van der Waals surface area (Å²) in [5.74, 6) is 1.02. The molecule has 3 rings (SSSR count). The summed E-state index contributed by atoms with van der Waals surface area (Å²) < 4.78 is 32.4. The Labute approximate surface area is 154 Å². The third-order valence-corrected chi connectivity index (χ3v) is 6.87. The molecule has 140 valence electrons. The molecule has 0 saturated carbocycles. The molecule has 1 saturated heterocycles. The first-order chi connectivity index (χ1) is 12.6. The van der Waals surface area contributed by atoms with Crippen LogP contribution >= 0.6 is 0 Å². The fourth-order valence-electron chi connectivity index (χ4n) is 3.66. The summed E-state index contributed by atoms with van der Waals surface area (Å²) >= 11 is 0. The molecule has 0 aliphatic carbocycles. The Bertz CT molecular complexity index is 782. The zero-order valence-corrected chi connectivity index (χ0v) is 15.5. The van der Waals surface area contributed by atoms with Crippen LogP contribution in [0.5, 0.6) is 0 Å². The lowest BCUT2D eigenvalue weighted by Gasteiger charge is -2.34. The smallest absolute Gasteiger partial charge is 0.218 e. The maximum atomic E-state index is 12.7. The average Bonchev–Trinajstić information content (AvgIpc) is 3.17. The lowest BCUT2D eigenvalue weighted by atomic mass is 9.82. The van der Waals surface area contributed by atoms with Gasteiger partial charge in [-0.25, -0.2) is 17.7 Å². The van der Waals surface area contributed by atoms with Crippen molar-refractivity contribution >= 4 is 16.3 Å². The van der Waals surface area contributed by atoms with Gasteiger partial charge in [0, 0.05) is 25.4 Å². The van der Waals surface area contributed by atoms with Crippen LogP contribution in [0.2, 0.25) is 0 Å². The standard InChI is InChI=1S/C19H24N2O4S/c22-13-4-7-18(19-20-10-14-25-19)17-8-11-21(12-9-17)26(23,24)15-16-5-2-1-3-6-16/h1-3,5-6,10,13-14,17-18H,4,7-9,11-12,15H2. The van der Waals surface area contributed by atoms with E-state index in [1.165, 1.54) is 0 Å². The van der Waals surface area contributed by atoms with Gasteiger partial charge in [0.25, 0.3) is 0 Å². The van der Waals surface area contributed by atoms with Gasteiger partial charge in [-0.1, -0.05) is 30.3 Å².